The van der Waals surface area contributed by atoms with Gasteiger partial charge in [-0.15, -0.1) is 0 Å². The van der Waals surface area contributed by atoms with Gasteiger partial charge in [-0.2, -0.15) is 0 Å². The van der Waals surface area contributed by atoms with Gasteiger partial charge in [-0.1, -0.05) is 13.0 Å². The average Bonchev–Trinajstić information content (AvgIpc) is 3.05. The number of cyclic esters (lactones) is 1. The molecular formula is C21H16Br2N2O6. The number of halogens is 2. The van der Waals surface area contributed by atoms with Crippen molar-refractivity contribution < 1.29 is 24.0 Å². The lowest BCUT2D eigenvalue weighted by Crippen LogP contribution is -2.08. The minimum Gasteiger partial charge on any atom is -0.424 e. The Morgan fingerprint density at radius 3 is 2.58 bits per heavy atom. The van der Waals surface area contributed by atoms with Crippen molar-refractivity contribution >= 4 is 61.5 Å². The van der Waals surface area contributed by atoms with Gasteiger partial charge in [0, 0.05) is 23.6 Å². The summed E-state index contributed by atoms with van der Waals surface area (Å²) in [5.74, 6) is -0.686. The number of carbonyl (C=O) groups is 2. The van der Waals surface area contributed by atoms with Gasteiger partial charge in [-0.3, -0.25) is 14.9 Å². The number of hydrogen-bond donors (Lipinski definition) is 0. The van der Waals surface area contributed by atoms with Crippen molar-refractivity contribution in [2.75, 3.05) is 0 Å². The Balaban J connectivity index is 1.93. The summed E-state index contributed by atoms with van der Waals surface area (Å²) in [5.41, 5.74) is 1.27. The van der Waals surface area contributed by atoms with Crippen molar-refractivity contribution in [3.63, 3.8) is 0 Å². The van der Waals surface area contributed by atoms with Gasteiger partial charge in [0.25, 0.3) is 5.69 Å². The maximum absolute atomic E-state index is 12.3. The van der Waals surface area contributed by atoms with Gasteiger partial charge in [-0.05, 0) is 75.0 Å². The molecule has 0 aliphatic carbocycles. The van der Waals surface area contributed by atoms with Gasteiger partial charge < -0.3 is 9.47 Å². The average molecular weight is 552 g/mol. The fraction of sp³-hybridized carbons (Fsp3) is 0.190. The minimum atomic E-state index is -0.674. The summed E-state index contributed by atoms with van der Waals surface area (Å²) in [5, 5.41) is 11.2. The van der Waals surface area contributed by atoms with E-state index in [1.807, 2.05) is 6.92 Å². The number of nitrogens with zero attached hydrogens (tertiary/aromatic N) is 2. The van der Waals surface area contributed by atoms with Crippen LogP contribution in [-0.2, 0) is 14.3 Å². The lowest BCUT2D eigenvalue weighted by Gasteiger charge is -2.09. The lowest BCUT2D eigenvalue weighted by atomic mass is 10.1. The Labute approximate surface area is 194 Å². The third-order valence-electron chi connectivity index (χ3n) is 4.35. The summed E-state index contributed by atoms with van der Waals surface area (Å²) in [7, 11) is 0. The largest absolute Gasteiger partial charge is 0.424 e. The molecule has 1 aliphatic rings. The number of nitro groups is 1. The summed E-state index contributed by atoms with van der Waals surface area (Å²) < 4.78 is 11.6. The highest BCUT2D eigenvalue weighted by molar-refractivity contribution is 9.11. The van der Waals surface area contributed by atoms with E-state index in [0.717, 1.165) is 0 Å². The van der Waals surface area contributed by atoms with E-state index in [9.17, 15) is 19.7 Å². The fourth-order valence-corrected chi connectivity index (χ4v) is 4.25. The standard InChI is InChI=1S/C21H16Br2N2O6/c1-3-5-18(26)30-19-14(22)8-12(9-15(19)23)10-16-21(27)31-20(24-16)13-6-4-7-17(11(13)2)25(28)29/h4,6-10H,3,5H2,1-2H3/b16-10-. The number of nitro benzene ring substituents is 1. The number of aliphatic imine (C=N–C) groups is 1. The zero-order valence-corrected chi connectivity index (χ0v) is 19.7. The van der Waals surface area contributed by atoms with Crippen molar-refractivity contribution in [3.05, 3.63) is 71.8 Å². The van der Waals surface area contributed by atoms with Crippen LogP contribution in [0.1, 0.15) is 36.5 Å². The Bertz CT molecular complexity index is 1130. The number of hydrogen-bond acceptors (Lipinski definition) is 7. The van der Waals surface area contributed by atoms with Gasteiger partial charge in [0.15, 0.2) is 11.4 Å². The number of benzene rings is 2. The van der Waals surface area contributed by atoms with Gasteiger partial charge in [-0.25, -0.2) is 9.79 Å². The summed E-state index contributed by atoms with van der Waals surface area (Å²) in [6.07, 6.45) is 2.48. The maximum Gasteiger partial charge on any atom is 0.363 e. The molecule has 0 atom stereocenters. The van der Waals surface area contributed by atoms with Gasteiger partial charge in [0.1, 0.15) is 0 Å². The van der Waals surface area contributed by atoms with E-state index < -0.39 is 10.9 Å². The molecular weight excluding hydrogens is 536 g/mol. The Morgan fingerprint density at radius 1 is 1.29 bits per heavy atom. The topological polar surface area (TPSA) is 108 Å². The first-order valence-electron chi connectivity index (χ1n) is 9.18. The Hall–Kier alpha value is -2.85. The maximum atomic E-state index is 12.3. The van der Waals surface area contributed by atoms with E-state index in [0.29, 0.717) is 44.2 Å². The second-order valence-electron chi connectivity index (χ2n) is 6.58. The van der Waals surface area contributed by atoms with Gasteiger partial charge >= 0.3 is 11.9 Å². The van der Waals surface area contributed by atoms with Crippen LogP contribution in [0.5, 0.6) is 5.75 Å². The molecule has 0 unspecified atom stereocenters. The number of esters is 2. The molecule has 10 heteroatoms. The molecule has 0 spiro atoms. The molecule has 1 aliphatic heterocycles. The van der Waals surface area contributed by atoms with Crippen LogP contribution in [0.4, 0.5) is 5.69 Å². The normalized spacial score (nSPS) is 14.4. The predicted octanol–water partition coefficient (Wildman–Crippen LogP) is 5.48. The van der Waals surface area contributed by atoms with E-state index in [2.05, 4.69) is 36.9 Å². The summed E-state index contributed by atoms with van der Waals surface area (Å²) in [6.45, 7) is 3.45. The van der Waals surface area contributed by atoms with E-state index >= 15 is 0 Å². The first-order valence-corrected chi connectivity index (χ1v) is 10.8. The fourth-order valence-electron chi connectivity index (χ4n) is 2.86. The quantitative estimate of drug-likeness (QED) is 0.155. The first-order chi connectivity index (χ1) is 14.7. The number of rotatable bonds is 6. The first kappa shape index (κ1) is 22.8. The molecule has 0 fully saturated rings. The van der Waals surface area contributed by atoms with Crippen molar-refractivity contribution in [1.82, 2.24) is 0 Å². The van der Waals surface area contributed by atoms with Crippen LogP contribution in [0.15, 0.2) is 50.0 Å². The molecule has 0 aromatic heterocycles. The third-order valence-corrected chi connectivity index (χ3v) is 5.52. The molecule has 0 amide bonds. The molecule has 1 heterocycles. The van der Waals surface area contributed by atoms with Crippen molar-refractivity contribution in [1.29, 1.82) is 0 Å². The zero-order valence-electron chi connectivity index (χ0n) is 16.5. The minimum absolute atomic E-state index is 0.000646. The molecule has 2 aromatic carbocycles. The SMILES string of the molecule is CCCC(=O)Oc1c(Br)cc(/C=C2\N=C(c3cccc([N+](=O)[O-])c3C)OC2=O)cc1Br. The van der Waals surface area contributed by atoms with Crippen molar-refractivity contribution in [2.45, 2.75) is 26.7 Å². The third kappa shape index (κ3) is 5.08. The highest BCUT2D eigenvalue weighted by Crippen LogP contribution is 2.36. The molecule has 0 radical (unpaired) electrons. The molecule has 2 aromatic rings. The molecule has 0 bridgehead atoms. The molecule has 0 saturated heterocycles. The predicted molar refractivity (Wildman–Crippen MR) is 121 cm³/mol. The zero-order chi connectivity index (χ0) is 22.7. The molecule has 0 N–H and O–H groups in total. The van der Waals surface area contributed by atoms with Gasteiger partial charge in [0.05, 0.1) is 13.9 Å². The molecule has 31 heavy (non-hydrogen) atoms. The summed E-state index contributed by atoms with van der Waals surface area (Å²) >= 11 is 6.74. The van der Waals surface area contributed by atoms with Crippen LogP contribution < -0.4 is 4.74 Å². The summed E-state index contributed by atoms with van der Waals surface area (Å²) in [4.78, 5) is 39.0. The molecule has 160 valence electrons. The molecule has 3 rings (SSSR count). The van der Waals surface area contributed by atoms with E-state index in [1.54, 1.807) is 25.1 Å². The van der Waals surface area contributed by atoms with Crippen LogP contribution in [0.2, 0.25) is 0 Å². The van der Waals surface area contributed by atoms with Crippen LogP contribution >= 0.6 is 31.9 Å². The van der Waals surface area contributed by atoms with Crippen molar-refractivity contribution in [2.24, 2.45) is 4.99 Å². The number of ether oxygens (including phenoxy) is 2. The van der Waals surface area contributed by atoms with Crippen molar-refractivity contribution in [3.8, 4) is 5.75 Å². The molecule has 0 saturated carbocycles. The number of carbonyl (C=O) groups excluding carboxylic acids is 2. The van der Waals surface area contributed by atoms with Crippen LogP contribution in [-0.4, -0.2) is 22.8 Å². The van der Waals surface area contributed by atoms with Gasteiger partial charge in [0.2, 0.25) is 5.90 Å². The second kappa shape index (κ2) is 9.52. The van der Waals surface area contributed by atoms with E-state index in [-0.39, 0.29) is 23.3 Å². The van der Waals surface area contributed by atoms with Crippen LogP contribution in [0, 0.1) is 17.0 Å². The Morgan fingerprint density at radius 2 is 1.97 bits per heavy atom. The summed E-state index contributed by atoms with van der Waals surface area (Å²) in [6, 6.07) is 7.82. The van der Waals surface area contributed by atoms with Crippen LogP contribution in [0.3, 0.4) is 0 Å². The Kier molecular flexibility index (Phi) is 7.01. The second-order valence-corrected chi connectivity index (χ2v) is 8.29. The lowest BCUT2D eigenvalue weighted by molar-refractivity contribution is -0.385. The smallest absolute Gasteiger partial charge is 0.363 e. The van der Waals surface area contributed by atoms with E-state index in [4.69, 9.17) is 9.47 Å². The highest BCUT2D eigenvalue weighted by Gasteiger charge is 2.27. The van der Waals surface area contributed by atoms with Crippen LogP contribution in [0.25, 0.3) is 6.08 Å². The monoisotopic (exact) mass is 550 g/mol. The molecule has 8 nitrogen and oxygen atoms in total. The highest BCUT2D eigenvalue weighted by atomic mass is 79.9. The van der Waals surface area contributed by atoms with E-state index in [1.165, 1.54) is 18.2 Å².